The number of hydrogen-bond acceptors (Lipinski definition) is 6. The second kappa shape index (κ2) is 8.05. The van der Waals surface area contributed by atoms with Gasteiger partial charge in [0.05, 0.1) is 12.2 Å². The van der Waals surface area contributed by atoms with Crippen LogP contribution in [-0.4, -0.2) is 32.2 Å². The molecule has 3 aromatic heterocycles. The van der Waals surface area contributed by atoms with Gasteiger partial charge in [0.25, 0.3) is 0 Å². The number of carbonyl (C=O) groups is 1. The standard InChI is InChI=1S/C21H15F3N4O3/c1-2-30-20(29)14-11-12-28-17(14)19(31-13-7-4-3-5-8-13)26-18(27-28)15-9-6-10-16(25-15)21(22,23)24/h3-12H,2H2,1H3. The zero-order valence-corrected chi connectivity index (χ0v) is 16.1. The number of benzene rings is 1. The minimum absolute atomic E-state index is 0.0246. The predicted octanol–water partition coefficient (Wildman–Crippen LogP) is 4.78. The van der Waals surface area contributed by atoms with Gasteiger partial charge in [-0.3, -0.25) is 0 Å². The molecule has 0 saturated carbocycles. The molecule has 0 saturated heterocycles. The van der Waals surface area contributed by atoms with Gasteiger partial charge >= 0.3 is 12.1 Å². The van der Waals surface area contributed by atoms with Gasteiger partial charge in [0, 0.05) is 6.20 Å². The molecule has 4 aromatic rings. The molecule has 158 valence electrons. The highest BCUT2D eigenvalue weighted by molar-refractivity contribution is 5.98. The zero-order chi connectivity index (χ0) is 22.0. The van der Waals surface area contributed by atoms with Gasteiger partial charge in [-0.2, -0.15) is 18.2 Å². The first-order valence-corrected chi connectivity index (χ1v) is 9.21. The lowest BCUT2D eigenvalue weighted by Crippen LogP contribution is -2.10. The molecule has 0 bridgehead atoms. The Bertz CT molecular complexity index is 1240. The van der Waals surface area contributed by atoms with E-state index in [-0.39, 0.29) is 35.1 Å². The molecule has 7 nitrogen and oxygen atoms in total. The third-order valence-electron chi connectivity index (χ3n) is 4.20. The van der Waals surface area contributed by atoms with E-state index >= 15 is 0 Å². The van der Waals surface area contributed by atoms with E-state index in [2.05, 4.69) is 15.1 Å². The van der Waals surface area contributed by atoms with E-state index in [9.17, 15) is 18.0 Å². The van der Waals surface area contributed by atoms with Crippen molar-refractivity contribution < 1.29 is 27.4 Å². The molecule has 0 radical (unpaired) electrons. The first-order valence-electron chi connectivity index (χ1n) is 9.21. The minimum Gasteiger partial charge on any atom is -0.462 e. The summed E-state index contributed by atoms with van der Waals surface area (Å²) in [5.41, 5.74) is -0.783. The number of ether oxygens (including phenoxy) is 2. The number of rotatable bonds is 5. The van der Waals surface area contributed by atoms with E-state index in [0.29, 0.717) is 5.75 Å². The molecule has 10 heteroatoms. The van der Waals surface area contributed by atoms with Gasteiger partial charge in [-0.05, 0) is 37.3 Å². The molecule has 31 heavy (non-hydrogen) atoms. The third kappa shape index (κ3) is 4.18. The highest BCUT2D eigenvalue weighted by atomic mass is 19.4. The molecule has 4 rings (SSSR count). The SMILES string of the molecule is CCOC(=O)c1ccn2nc(-c3cccc(C(F)(F)F)n3)nc(Oc3ccccc3)c12. The van der Waals surface area contributed by atoms with Crippen LogP contribution in [0.1, 0.15) is 23.0 Å². The molecular weight excluding hydrogens is 413 g/mol. The van der Waals surface area contributed by atoms with Crippen LogP contribution in [0.2, 0.25) is 0 Å². The molecule has 0 aliphatic carbocycles. The highest BCUT2D eigenvalue weighted by Crippen LogP contribution is 2.31. The summed E-state index contributed by atoms with van der Waals surface area (Å²) in [6.07, 6.45) is -3.15. The fourth-order valence-electron chi connectivity index (χ4n) is 2.86. The summed E-state index contributed by atoms with van der Waals surface area (Å²) < 4.78 is 51.5. The first kappa shape index (κ1) is 20.3. The van der Waals surface area contributed by atoms with Crippen LogP contribution in [0, 0.1) is 0 Å². The summed E-state index contributed by atoms with van der Waals surface area (Å²) in [7, 11) is 0. The van der Waals surface area contributed by atoms with Crippen molar-refractivity contribution in [3.05, 3.63) is 72.1 Å². The van der Waals surface area contributed by atoms with Gasteiger partial charge in [-0.1, -0.05) is 24.3 Å². The number of aromatic nitrogens is 4. The van der Waals surface area contributed by atoms with Crippen molar-refractivity contribution >= 4 is 11.5 Å². The minimum atomic E-state index is -4.62. The number of fused-ring (bicyclic) bond motifs is 1. The first-order chi connectivity index (χ1) is 14.9. The molecule has 1 aromatic carbocycles. The molecule has 0 aliphatic heterocycles. The molecule has 0 amide bonds. The van der Waals surface area contributed by atoms with E-state index in [1.165, 1.54) is 28.9 Å². The Balaban J connectivity index is 1.88. The normalized spacial score (nSPS) is 11.5. The number of carbonyl (C=O) groups excluding carboxylic acids is 1. The van der Waals surface area contributed by atoms with Gasteiger partial charge in [0.15, 0.2) is 0 Å². The van der Waals surface area contributed by atoms with Crippen LogP contribution in [0.4, 0.5) is 13.2 Å². The number of para-hydroxylation sites is 1. The number of hydrogen-bond donors (Lipinski definition) is 0. The number of esters is 1. The summed E-state index contributed by atoms with van der Waals surface area (Å²) in [6, 6.07) is 13.5. The van der Waals surface area contributed by atoms with Crippen molar-refractivity contribution in [2.45, 2.75) is 13.1 Å². The van der Waals surface area contributed by atoms with Crippen molar-refractivity contribution in [2.24, 2.45) is 0 Å². The van der Waals surface area contributed by atoms with E-state index in [1.807, 2.05) is 0 Å². The maximum Gasteiger partial charge on any atom is 0.433 e. The zero-order valence-electron chi connectivity index (χ0n) is 16.1. The van der Waals surface area contributed by atoms with Crippen molar-refractivity contribution in [1.82, 2.24) is 19.6 Å². The molecule has 0 spiro atoms. The lowest BCUT2D eigenvalue weighted by Gasteiger charge is -2.11. The van der Waals surface area contributed by atoms with Crippen molar-refractivity contribution in [3.8, 4) is 23.1 Å². The van der Waals surface area contributed by atoms with E-state index in [1.54, 1.807) is 37.3 Å². The van der Waals surface area contributed by atoms with Crippen molar-refractivity contribution in [1.29, 1.82) is 0 Å². The second-order valence-electron chi connectivity index (χ2n) is 6.30. The average Bonchev–Trinajstić information content (AvgIpc) is 3.19. The topological polar surface area (TPSA) is 78.6 Å². The largest absolute Gasteiger partial charge is 0.462 e. The van der Waals surface area contributed by atoms with Crippen LogP contribution >= 0.6 is 0 Å². The lowest BCUT2D eigenvalue weighted by molar-refractivity contribution is -0.141. The third-order valence-corrected chi connectivity index (χ3v) is 4.20. The van der Waals surface area contributed by atoms with E-state index < -0.39 is 17.8 Å². The van der Waals surface area contributed by atoms with Crippen molar-refractivity contribution in [3.63, 3.8) is 0 Å². The molecule has 0 fully saturated rings. The number of pyridine rings is 1. The Kier molecular flexibility index (Phi) is 5.28. The Hall–Kier alpha value is -3.95. The van der Waals surface area contributed by atoms with Gasteiger partial charge in [-0.25, -0.2) is 14.3 Å². The highest BCUT2D eigenvalue weighted by Gasteiger charge is 2.33. The number of nitrogens with zero attached hydrogens (tertiary/aromatic N) is 4. The van der Waals surface area contributed by atoms with E-state index in [4.69, 9.17) is 9.47 Å². The maximum absolute atomic E-state index is 13.1. The Labute approximate surface area is 174 Å². The van der Waals surface area contributed by atoms with Gasteiger partial charge in [0.1, 0.15) is 22.7 Å². The molecule has 0 unspecified atom stereocenters. The fourth-order valence-corrected chi connectivity index (χ4v) is 2.86. The fraction of sp³-hybridized carbons (Fsp3) is 0.143. The Morgan fingerprint density at radius 1 is 1.03 bits per heavy atom. The smallest absolute Gasteiger partial charge is 0.433 e. The van der Waals surface area contributed by atoms with Crippen LogP contribution in [0.3, 0.4) is 0 Å². The van der Waals surface area contributed by atoms with Crippen LogP contribution in [0.25, 0.3) is 17.0 Å². The van der Waals surface area contributed by atoms with Gasteiger partial charge in [0.2, 0.25) is 11.7 Å². The quantitative estimate of drug-likeness (QED) is 0.426. The number of halogens is 3. The second-order valence-corrected chi connectivity index (χ2v) is 6.30. The molecule has 3 heterocycles. The van der Waals surface area contributed by atoms with Crippen LogP contribution < -0.4 is 4.74 Å². The molecular formula is C21H15F3N4O3. The molecule has 0 N–H and O–H groups in total. The number of alkyl halides is 3. The predicted molar refractivity (Wildman–Crippen MR) is 104 cm³/mol. The summed E-state index contributed by atoms with van der Waals surface area (Å²) in [5.74, 6) is -0.308. The average molecular weight is 428 g/mol. The monoisotopic (exact) mass is 428 g/mol. The van der Waals surface area contributed by atoms with E-state index in [0.717, 1.165) is 6.07 Å². The van der Waals surface area contributed by atoms with Crippen LogP contribution in [0.5, 0.6) is 11.6 Å². The maximum atomic E-state index is 13.1. The van der Waals surface area contributed by atoms with Crippen molar-refractivity contribution in [2.75, 3.05) is 6.61 Å². The summed E-state index contributed by atoms with van der Waals surface area (Å²) in [4.78, 5) is 20.3. The van der Waals surface area contributed by atoms with Gasteiger partial charge in [-0.15, -0.1) is 5.10 Å². The summed E-state index contributed by atoms with van der Waals surface area (Å²) in [5, 5.41) is 4.22. The molecule has 0 atom stereocenters. The molecule has 0 aliphatic rings. The Morgan fingerprint density at radius 3 is 2.52 bits per heavy atom. The van der Waals surface area contributed by atoms with Crippen LogP contribution in [0.15, 0.2) is 60.8 Å². The summed E-state index contributed by atoms with van der Waals surface area (Å²) in [6.45, 7) is 1.84. The van der Waals surface area contributed by atoms with Crippen LogP contribution in [-0.2, 0) is 10.9 Å². The lowest BCUT2D eigenvalue weighted by atomic mass is 10.2. The summed E-state index contributed by atoms with van der Waals surface area (Å²) >= 11 is 0. The Morgan fingerprint density at radius 2 is 1.81 bits per heavy atom. The van der Waals surface area contributed by atoms with Gasteiger partial charge < -0.3 is 9.47 Å².